The average molecular weight is 487 g/mol. The first-order chi connectivity index (χ1) is 16.6. The molecule has 4 heterocycles. The zero-order valence-electron chi connectivity index (χ0n) is 19.4. The van der Waals surface area contributed by atoms with Crippen LogP contribution in [0.2, 0.25) is 0 Å². The number of halogens is 4. The molecule has 0 bridgehead atoms. The van der Waals surface area contributed by atoms with Gasteiger partial charge >= 0.3 is 6.18 Å². The highest BCUT2D eigenvalue weighted by Gasteiger charge is 2.46. The maximum Gasteiger partial charge on any atom is 0.408 e. The van der Waals surface area contributed by atoms with Gasteiger partial charge in [-0.25, -0.2) is 9.37 Å². The number of rotatable bonds is 5. The maximum absolute atomic E-state index is 14.1. The summed E-state index contributed by atoms with van der Waals surface area (Å²) >= 11 is 0. The Morgan fingerprint density at radius 2 is 1.91 bits per heavy atom. The zero-order chi connectivity index (χ0) is 24.9. The Morgan fingerprint density at radius 3 is 2.60 bits per heavy atom. The van der Waals surface area contributed by atoms with Crippen molar-refractivity contribution >= 4 is 16.6 Å². The highest BCUT2D eigenvalue weighted by atomic mass is 19.4. The first-order valence-corrected chi connectivity index (χ1v) is 11.6. The molecular weight excluding hydrogens is 460 g/mol. The first kappa shape index (κ1) is 23.6. The molecule has 0 aliphatic carbocycles. The summed E-state index contributed by atoms with van der Waals surface area (Å²) in [6.45, 7) is 4.54. The van der Waals surface area contributed by atoms with Gasteiger partial charge in [-0.3, -0.25) is 9.30 Å². The zero-order valence-corrected chi connectivity index (χ0v) is 19.4. The summed E-state index contributed by atoms with van der Waals surface area (Å²) in [5.74, 6) is 0.280. The van der Waals surface area contributed by atoms with Crippen LogP contribution in [0.3, 0.4) is 0 Å². The fourth-order valence-corrected chi connectivity index (χ4v) is 4.89. The van der Waals surface area contributed by atoms with Gasteiger partial charge in [-0.15, -0.1) is 10.2 Å². The molecule has 0 unspecified atom stereocenters. The number of pyridine rings is 2. The van der Waals surface area contributed by atoms with Gasteiger partial charge in [0.1, 0.15) is 17.6 Å². The summed E-state index contributed by atoms with van der Waals surface area (Å²) in [5, 5.41) is 9.00. The summed E-state index contributed by atoms with van der Waals surface area (Å²) in [6.07, 6.45) is -1.88. The van der Waals surface area contributed by atoms with Crippen LogP contribution >= 0.6 is 0 Å². The van der Waals surface area contributed by atoms with Crippen molar-refractivity contribution in [2.75, 3.05) is 13.1 Å². The van der Waals surface area contributed by atoms with Crippen molar-refractivity contribution in [2.24, 2.45) is 11.7 Å². The van der Waals surface area contributed by atoms with E-state index in [1.807, 2.05) is 13.8 Å². The van der Waals surface area contributed by atoms with Gasteiger partial charge in [0.2, 0.25) is 0 Å². The van der Waals surface area contributed by atoms with Crippen LogP contribution in [0.5, 0.6) is 0 Å². The van der Waals surface area contributed by atoms with E-state index in [1.54, 1.807) is 12.1 Å². The number of hydrogen-bond donors (Lipinski definition) is 1. The van der Waals surface area contributed by atoms with Gasteiger partial charge in [0, 0.05) is 30.7 Å². The molecule has 1 fully saturated rings. The number of fused-ring (bicyclic) bond motifs is 2. The van der Waals surface area contributed by atoms with Crippen molar-refractivity contribution in [2.45, 2.75) is 44.9 Å². The number of alkyl halides is 3. The average Bonchev–Trinajstić information content (AvgIpc) is 3.38. The van der Waals surface area contributed by atoms with Crippen LogP contribution in [0, 0.1) is 11.7 Å². The Bertz CT molecular complexity index is 1380. The van der Waals surface area contributed by atoms with E-state index in [1.165, 1.54) is 39.8 Å². The Morgan fingerprint density at radius 1 is 1.11 bits per heavy atom. The number of benzene rings is 1. The molecule has 4 aromatic rings. The Hall–Kier alpha value is -3.11. The van der Waals surface area contributed by atoms with Gasteiger partial charge < -0.3 is 5.73 Å². The van der Waals surface area contributed by atoms with Crippen molar-refractivity contribution in [1.29, 1.82) is 0 Å². The molecule has 1 saturated heterocycles. The quantitative estimate of drug-likeness (QED) is 0.406. The van der Waals surface area contributed by atoms with Crippen LogP contribution in [0.15, 0.2) is 42.6 Å². The molecule has 1 aliphatic rings. The Labute approximate surface area is 199 Å². The highest BCUT2D eigenvalue weighted by Crippen LogP contribution is 2.39. The van der Waals surface area contributed by atoms with Gasteiger partial charge in [-0.2, -0.15) is 13.2 Å². The fourth-order valence-electron chi connectivity index (χ4n) is 4.89. The number of likely N-dealkylation sites (tertiary alicyclic amines) is 1. The normalized spacial score (nSPS) is 18.2. The number of hydrogen-bond acceptors (Lipinski definition) is 5. The van der Waals surface area contributed by atoms with E-state index in [4.69, 9.17) is 10.7 Å². The molecule has 2 atom stereocenters. The molecule has 10 heteroatoms. The summed E-state index contributed by atoms with van der Waals surface area (Å²) < 4.78 is 58.0. The van der Waals surface area contributed by atoms with E-state index < -0.39 is 12.2 Å². The van der Waals surface area contributed by atoms with Crippen molar-refractivity contribution < 1.29 is 17.6 Å². The van der Waals surface area contributed by atoms with E-state index in [9.17, 15) is 17.6 Å². The van der Waals surface area contributed by atoms with Gasteiger partial charge in [-0.1, -0.05) is 26.0 Å². The summed E-state index contributed by atoms with van der Waals surface area (Å²) in [4.78, 5) is 6.11. The van der Waals surface area contributed by atoms with E-state index in [2.05, 4.69) is 10.2 Å². The molecule has 3 aromatic heterocycles. The molecule has 0 spiro atoms. The number of aromatic nitrogens is 4. The van der Waals surface area contributed by atoms with Crippen molar-refractivity contribution in [1.82, 2.24) is 24.5 Å². The van der Waals surface area contributed by atoms with Crippen LogP contribution in [-0.2, 0) is 6.42 Å². The maximum atomic E-state index is 14.1. The lowest BCUT2D eigenvalue weighted by atomic mass is 9.99. The molecule has 0 amide bonds. The summed E-state index contributed by atoms with van der Waals surface area (Å²) in [6, 6.07) is 7.25. The van der Waals surface area contributed by atoms with Crippen LogP contribution < -0.4 is 5.73 Å². The topological polar surface area (TPSA) is 72.3 Å². The van der Waals surface area contributed by atoms with Crippen LogP contribution in [-0.4, -0.2) is 49.8 Å². The molecule has 1 aromatic carbocycles. The minimum absolute atomic E-state index is 0.0866. The molecule has 35 heavy (non-hydrogen) atoms. The standard InChI is InChI=1S/C25H26F4N6/c1-14(2)9-17-11-18(26)10-15-3-5-20(31-22(15)17)24-33-32-21-6-4-16(12-35(21)24)23(25(27,28)29)34-8-7-19(30)13-34/h3-6,10-12,14,19,23H,7-9,13,30H2,1-2H3/t19-,23-/m0/s1. The molecule has 6 nitrogen and oxygen atoms in total. The third-order valence-corrected chi connectivity index (χ3v) is 6.37. The van der Waals surface area contributed by atoms with Crippen LogP contribution in [0.4, 0.5) is 17.6 Å². The first-order valence-electron chi connectivity index (χ1n) is 11.6. The molecule has 2 N–H and O–H groups in total. The van der Waals surface area contributed by atoms with Crippen molar-refractivity contribution in [3.05, 3.63) is 59.5 Å². The van der Waals surface area contributed by atoms with E-state index in [0.717, 1.165) is 5.56 Å². The van der Waals surface area contributed by atoms with Crippen molar-refractivity contribution in [3.8, 4) is 11.5 Å². The molecule has 5 rings (SSSR count). The van der Waals surface area contributed by atoms with Crippen molar-refractivity contribution in [3.63, 3.8) is 0 Å². The molecule has 1 aliphatic heterocycles. The number of nitrogens with two attached hydrogens (primary N) is 1. The van der Waals surface area contributed by atoms with Gasteiger partial charge in [0.15, 0.2) is 11.5 Å². The van der Waals surface area contributed by atoms with Crippen LogP contribution in [0.25, 0.3) is 28.1 Å². The minimum atomic E-state index is -4.47. The van der Waals surface area contributed by atoms with E-state index >= 15 is 0 Å². The Balaban J connectivity index is 1.61. The molecule has 0 radical (unpaired) electrons. The summed E-state index contributed by atoms with van der Waals surface area (Å²) in [7, 11) is 0. The Kier molecular flexibility index (Phi) is 5.96. The van der Waals surface area contributed by atoms with Crippen LogP contribution in [0.1, 0.15) is 37.4 Å². The smallest absolute Gasteiger partial charge is 0.326 e. The highest BCUT2D eigenvalue weighted by molar-refractivity contribution is 5.84. The SMILES string of the molecule is CC(C)Cc1cc(F)cc2ccc(-c3nnc4ccc([C@H](N5CC[C@H](N)C5)C(F)(F)F)cn34)nc12. The molecular formula is C25H26F4N6. The predicted octanol–water partition coefficient (Wildman–Crippen LogP) is 4.92. The lowest BCUT2D eigenvalue weighted by Gasteiger charge is -2.30. The fraction of sp³-hybridized carbons (Fsp3) is 0.400. The largest absolute Gasteiger partial charge is 0.408 e. The molecule has 0 saturated carbocycles. The monoisotopic (exact) mass is 486 g/mol. The lowest BCUT2D eigenvalue weighted by molar-refractivity contribution is -0.183. The summed E-state index contributed by atoms with van der Waals surface area (Å²) in [5.41, 5.74) is 8.25. The second-order valence-electron chi connectivity index (χ2n) is 9.63. The minimum Gasteiger partial charge on any atom is -0.326 e. The third kappa shape index (κ3) is 4.60. The van der Waals surface area contributed by atoms with Gasteiger partial charge in [-0.05, 0) is 54.2 Å². The van der Waals surface area contributed by atoms with E-state index in [0.29, 0.717) is 46.8 Å². The predicted molar refractivity (Wildman–Crippen MR) is 125 cm³/mol. The third-order valence-electron chi connectivity index (χ3n) is 6.37. The second kappa shape index (κ2) is 8.83. The van der Waals surface area contributed by atoms with Gasteiger partial charge in [0.05, 0.1) is 5.52 Å². The van der Waals surface area contributed by atoms with Gasteiger partial charge in [0.25, 0.3) is 0 Å². The molecule has 184 valence electrons. The number of nitrogens with zero attached hydrogens (tertiary/aromatic N) is 5. The van der Waals surface area contributed by atoms with E-state index in [-0.39, 0.29) is 30.5 Å². The lowest BCUT2D eigenvalue weighted by Crippen LogP contribution is -2.38. The second-order valence-corrected chi connectivity index (χ2v) is 9.63.